The number of hydrogen-bond acceptors (Lipinski definition) is 3. The Morgan fingerprint density at radius 2 is 1.61 bits per heavy atom. The summed E-state index contributed by atoms with van der Waals surface area (Å²) in [6, 6.07) is 4.40. The van der Waals surface area contributed by atoms with Crippen molar-refractivity contribution in [2.24, 2.45) is 23.7 Å². The number of carbonyl (C=O) groups excluding carboxylic acids is 1. The number of fused-ring (bicyclic) bond motifs is 1. The molecule has 2 N–H and O–H groups in total. The molecule has 1 spiro atoms. The summed E-state index contributed by atoms with van der Waals surface area (Å²) < 4.78 is 13.5. The van der Waals surface area contributed by atoms with E-state index in [1.165, 1.54) is 24.0 Å². The molecule has 1 aromatic carbocycles. The van der Waals surface area contributed by atoms with Crippen LogP contribution in [0.5, 0.6) is 11.5 Å². The molecule has 1 aliphatic heterocycles. The minimum atomic E-state index is -0.791. The highest BCUT2D eigenvalue weighted by molar-refractivity contribution is 5.75. The molecule has 33 heavy (non-hydrogen) atoms. The monoisotopic (exact) mass is 454 g/mol. The highest BCUT2D eigenvalue weighted by Crippen LogP contribution is 2.57. The van der Waals surface area contributed by atoms with Crippen LogP contribution >= 0.6 is 0 Å². The highest BCUT2D eigenvalue weighted by atomic mass is 16.7. The molecular formula is C28H42N2O3. The summed E-state index contributed by atoms with van der Waals surface area (Å²) >= 11 is 0. The Kier molecular flexibility index (Phi) is 5.81. The molecule has 2 amide bonds. The van der Waals surface area contributed by atoms with Gasteiger partial charge in [0.25, 0.3) is 5.79 Å². The van der Waals surface area contributed by atoms with Gasteiger partial charge >= 0.3 is 6.03 Å². The second-order valence-electron chi connectivity index (χ2n) is 11.8. The van der Waals surface area contributed by atoms with E-state index in [1.807, 2.05) is 0 Å². The Labute approximate surface area is 199 Å². The van der Waals surface area contributed by atoms with Crippen LogP contribution in [0.4, 0.5) is 4.79 Å². The maximum atomic E-state index is 13.5. The summed E-state index contributed by atoms with van der Waals surface area (Å²) in [5.41, 5.74) is 1.93. The average molecular weight is 455 g/mol. The molecule has 0 unspecified atom stereocenters. The lowest BCUT2D eigenvalue weighted by Gasteiger charge is -2.56. The molecule has 0 saturated heterocycles. The maximum Gasteiger partial charge on any atom is 0.315 e. The summed E-state index contributed by atoms with van der Waals surface area (Å²) in [6.07, 6.45) is 9.70. The lowest BCUT2D eigenvalue weighted by Crippen LogP contribution is -2.75. The predicted octanol–water partition coefficient (Wildman–Crippen LogP) is 6.25. The number of urea groups is 1. The lowest BCUT2D eigenvalue weighted by atomic mass is 9.62. The van der Waals surface area contributed by atoms with Crippen LogP contribution in [0.3, 0.4) is 0 Å². The Balaban J connectivity index is 1.40. The molecule has 0 radical (unpaired) electrons. The van der Waals surface area contributed by atoms with Gasteiger partial charge in [0.05, 0.1) is 0 Å². The Hall–Kier alpha value is -1.91. The first-order valence-electron chi connectivity index (χ1n) is 13.3. The molecule has 5 rings (SSSR count). The van der Waals surface area contributed by atoms with Gasteiger partial charge < -0.3 is 20.1 Å². The fraction of sp³-hybridized carbons (Fsp3) is 0.750. The predicted molar refractivity (Wildman–Crippen MR) is 131 cm³/mol. The number of carbonyl (C=O) groups is 1. The number of nitrogens with one attached hydrogen (secondary N) is 2. The molecule has 3 saturated carbocycles. The fourth-order valence-electron chi connectivity index (χ4n) is 7.32. The minimum Gasteiger partial charge on any atom is -0.446 e. The molecule has 2 bridgehead atoms. The van der Waals surface area contributed by atoms with Crippen LogP contribution in [0.1, 0.15) is 89.7 Å². The zero-order valence-corrected chi connectivity index (χ0v) is 21.1. The molecule has 3 atom stereocenters. The van der Waals surface area contributed by atoms with E-state index in [0.29, 0.717) is 23.7 Å². The van der Waals surface area contributed by atoms with Crippen molar-refractivity contribution in [1.29, 1.82) is 0 Å². The van der Waals surface area contributed by atoms with E-state index in [9.17, 15) is 4.79 Å². The third-order valence-corrected chi connectivity index (χ3v) is 9.29. The summed E-state index contributed by atoms with van der Waals surface area (Å²) in [5, 5.41) is 6.89. The van der Waals surface area contributed by atoms with Gasteiger partial charge in [0.15, 0.2) is 11.5 Å². The number of amides is 2. The van der Waals surface area contributed by atoms with Gasteiger partial charge in [-0.2, -0.15) is 0 Å². The van der Waals surface area contributed by atoms with Gasteiger partial charge in [0.1, 0.15) is 5.54 Å². The van der Waals surface area contributed by atoms with Gasteiger partial charge in [-0.05, 0) is 93.4 Å². The van der Waals surface area contributed by atoms with Crippen molar-refractivity contribution in [3.63, 3.8) is 0 Å². The summed E-state index contributed by atoms with van der Waals surface area (Å²) in [4.78, 5) is 13.5. The SMILES string of the molecule is Cc1cc2c(cc1C)OC1(O2)C2CCCC1(NC(=O)N[C@@H]1C[C@@H](C)CC[C@@H]1C(C)C)CCC2. The zero-order valence-electron chi connectivity index (χ0n) is 21.1. The Morgan fingerprint density at radius 1 is 1.00 bits per heavy atom. The van der Waals surface area contributed by atoms with Gasteiger partial charge in [0, 0.05) is 12.0 Å². The van der Waals surface area contributed by atoms with E-state index >= 15 is 0 Å². The van der Waals surface area contributed by atoms with Gasteiger partial charge in [-0.3, -0.25) is 0 Å². The number of rotatable bonds is 3. The van der Waals surface area contributed by atoms with E-state index in [1.54, 1.807) is 0 Å². The smallest absolute Gasteiger partial charge is 0.315 e. The van der Waals surface area contributed by atoms with E-state index in [2.05, 4.69) is 57.4 Å². The normalized spacial score (nSPS) is 34.4. The second-order valence-corrected chi connectivity index (χ2v) is 11.8. The molecule has 3 aliphatic carbocycles. The third kappa shape index (κ3) is 3.80. The molecular weight excluding hydrogens is 412 g/mol. The van der Waals surface area contributed by atoms with Crippen LogP contribution in [0.15, 0.2) is 12.1 Å². The fourth-order valence-corrected chi connectivity index (χ4v) is 7.32. The average Bonchev–Trinajstić information content (AvgIpc) is 3.08. The number of ether oxygens (including phenoxy) is 2. The summed E-state index contributed by atoms with van der Waals surface area (Å²) in [7, 11) is 0. The second kappa shape index (κ2) is 8.39. The van der Waals surface area contributed by atoms with Gasteiger partial charge in [-0.1, -0.05) is 40.0 Å². The summed E-state index contributed by atoms with van der Waals surface area (Å²) in [6.45, 7) is 11.1. The van der Waals surface area contributed by atoms with Crippen molar-refractivity contribution in [1.82, 2.24) is 10.6 Å². The maximum absolute atomic E-state index is 13.5. The van der Waals surface area contributed by atoms with E-state index in [-0.39, 0.29) is 12.1 Å². The highest BCUT2D eigenvalue weighted by Gasteiger charge is 2.67. The number of benzene rings is 1. The minimum absolute atomic E-state index is 0.0443. The van der Waals surface area contributed by atoms with Gasteiger partial charge in [-0.15, -0.1) is 0 Å². The van der Waals surface area contributed by atoms with Crippen LogP contribution in [-0.2, 0) is 0 Å². The van der Waals surface area contributed by atoms with Crippen molar-refractivity contribution in [3.05, 3.63) is 23.3 Å². The van der Waals surface area contributed by atoms with Crippen LogP contribution in [-0.4, -0.2) is 23.4 Å². The molecule has 3 fully saturated rings. The van der Waals surface area contributed by atoms with Crippen molar-refractivity contribution in [2.45, 2.75) is 110 Å². The van der Waals surface area contributed by atoms with Gasteiger partial charge in [0.2, 0.25) is 0 Å². The van der Waals surface area contributed by atoms with Crippen molar-refractivity contribution >= 4 is 6.03 Å². The van der Waals surface area contributed by atoms with E-state index in [0.717, 1.165) is 56.4 Å². The Morgan fingerprint density at radius 3 is 2.18 bits per heavy atom. The van der Waals surface area contributed by atoms with E-state index in [4.69, 9.17) is 9.47 Å². The third-order valence-electron chi connectivity index (χ3n) is 9.29. The number of aryl methyl sites for hydroxylation is 2. The molecule has 5 heteroatoms. The summed E-state index contributed by atoms with van der Waals surface area (Å²) in [5.74, 6) is 2.94. The largest absolute Gasteiger partial charge is 0.446 e. The molecule has 5 nitrogen and oxygen atoms in total. The van der Waals surface area contributed by atoms with E-state index < -0.39 is 11.3 Å². The molecule has 1 heterocycles. The van der Waals surface area contributed by atoms with Crippen molar-refractivity contribution in [3.8, 4) is 11.5 Å². The molecule has 182 valence electrons. The first-order valence-corrected chi connectivity index (χ1v) is 13.3. The lowest BCUT2D eigenvalue weighted by molar-refractivity contribution is -0.222. The quantitative estimate of drug-likeness (QED) is 0.567. The zero-order chi connectivity index (χ0) is 23.4. The standard InChI is InChI=1S/C28H42N2O3/c1-17(2)22-11-10-18(3)14-23(22)29-26(31)30-27-12-6-8-21(9-7-13-27)28(27)32-24-15-19(4)20(5)16-25(24)33-28/h15-18,21-23H,6-14H2,1-5H3,(H2,29,30,31)/t18-,21?,22+,23+,27?/m0/s1. The Bertz CT molecular complexity index is 870. The molecule has 4 aliphatic rings. The van der Waals surface area contributed by atoms with Crippen LogP contribution in [0.2, 0.25) is 0 Å². The van der Waals surface area contributed by atoms with Gasteiger partial charge in [-0.25, -0.2) is 4.79 Å². The van der Waals surface area contributed by atoms with Crippen molar-refractivity contribution in [2.75, 3.05) is 0 Å². The van der Waals surface area contributed by atoms with Crippen LogP contribution in [0, 0.1) is 37.5 Å². The van der Waals surface area contributed by atoms with Crippen molar-refractivity contribution < 1.29 is 14.3 Å². The molecule has 0 aromatic heterocycles. The van der Waals surface area contributed by atoms with Crippen LogP contribution < -0.4 is 20.1 Å². The molecule has 1 aromatic rings. The first-order chi connectivity index (χ1) is 15.7. The first kappa shape index (κ1) is 22.9. The number of hydrogen-bond donors (Lipinski definition) is 2. The van der Waals surface area contributed by atoms with Crippen LogP contribution in [0.25, 0.3) is 0 Å². The topological polar surface area (TPSA) is 59.6 Å².